The standard InChI is InChI=1S/C22H23FN2O2S.C21H20FNO2S/c1-4-5-15-10-17(22(24)25-27)20(18-12(2)11-28-13(18)3)19(21(15)23)14-6-8-16(26)9-7-14;1-3-4-14-9-16(21(23)25)19(17-11-26-10-12(17)2)18(20(14)22)13-5-7-15(24)8-6-13/h6-11,26-27H,4-5H2,1-3H3,(H2,24,25);5-11,24H,3-4H2,1-2H3,(H2,23,25). The molecule has 0 bridgehead atoms. The van der Waals surface area contributed by atoms with Crippen molar-refractivity contribution in [1.82, 2.24) is 0 Å². The molecule has 0 atom stereocenters. The molecule has 0 aliphatic heterocycles. The summed E-state index contributed by atoms with van der Waals surface area (Å²) in [5, 5.41) is 37.7. The Hall–Kier alpha value is -5.52. The Labute approximate surface area is 321 Å². The number of hydrogen-bond acceptors (Lipinski definition) is 7. The molecule has 2 heterocycles. The maximum atomic E-state index is 15.7. The summed E-state index contributed by atoms with van der Waals surface area (Å²) in [6.45, 7) is 9.80. The van der Waals surface area contributed by atoms with Crippen LogP contribution in [0.5, 0.6) is 11.5 Å². The van der Waals surface area contributed by atoms with Crippen LogP contribution < -0.4 is 11.5 Å². The molecule has 7 N–H and O–H groups in total. The van der Waals surface area contributed by atoms with Gasteiger partial charge in [0.1, 0.15) is 23.1 Å². The number of halogens is 2. The number of phenolic OH excluding ortho intramolecular Hbond substituents is 2. The zero-order chi connectivity index (χ0) is 39.3. The third-order valence-corrected chi connectivity index (χ3v) is 11.1. The first-order valence-corrected chi connectivity index (χ1v) is 19.3. The average Bonchev–Trinajstić information content (AvgIpc) is 3.73. The van der Waals surface area contributed by atoms with Crippen molar-refractivity contribution in [1.29, 1.82) is 0 Å². The van der Waals surface area contributed by atoms with E-state index in [-0.39, 0.29) is 29.0 Å². The van der Waals surface area contributed by atoms with Gasteiger partial charge in [0, 0.05) is 38.3 Å². The van der Waals surface area contributed by atoms with Gasteiger partial charge in [-0.05, 0) is 131 Å². The van der Waals surface area contributed by atoms with Gasteiger partial charge in [0.15, 0.2) is 5.84 Å². The molecule has 6 aromatic rings. The predicted octanol–water partition coefficient (Wildman–Crippen LogP) is 10.9. The van der Waals surface area contributed by atoms with Crippen molar-refractivity contribution in [2.24, 2.45) is 16.6 Å². The summed E-state index contributed by atoms with van der Waals surface area (Å²) >= 11 is 3.07. The Bertz CT molecular complexity index is 2310. The SMILES string of the molecule is CCCc1cc(C(N)=NO)c(-c2c(C)csc2C)c(-c2ccc(O)cc2)c1F.CCCc1cc(C(N)=O)c(-c2cscc2C)c(-c2ccc(O)cc2)c1F. The lowest BCUT2D eigenvalue weighted by atomic mass is 9.85. The fourth-order valence-electron chi connectivity index (χ4n) is 6.68. The zero-order valence-corrected chi connectivity index (χ0v) is 32.4. The van der Waals surface area contributed by atoms with Crippen LogP contribution in [0.25, 0.3) is 44.5 Å². The van der Waals surface area contributed by atoms with E-state index in [0.717, 1.165) is 40.0 Å². The smallest absolute Gasteiger partial charge is 0.249 e. The van der Waals surface area contributed by atoms with Crippen molar-refractivity contribution in [3.05, 3.63) is 127 Å². The third kappa shape index (κ3) is 8.02. The Kier molecular flexibility index (Phi) is 12.6. The number of hydrogen-bond donors (Lipinski definition) is 5. The van der Waals surface area contributed by atoms with Crippen LogP contribution in [-0.2, 0) is 12.8 Å². The Morgan fingerprint density at radius 3 is 1.59 bits per heavy atom. The highest BCUT2D eigenvalue weighted by Gasteiger charge is 2.26. The number of primary amides is 1. The average molecular weight is 768 g/mol. The van der Waals surface area contributed by atoms with Gasteiger partial charge in [0.2, 0.25) is 5.91 Å². The van der Waals surface area contributed by atoms with Crippen LogP contribution in [0.2, 0.25) is 0 Å². The van der Waals surface area contributed by atoms with Gasteiger partial charge in [-0.2, -0.15) is 11.3 Å². The van der Waals surface area contributed by atoms with Gasteiger partial charge in [0.25, 0.3) is 0 Å². The number of aryl methyl sites for hydroxylation is 5. The largest absolute Gasteiger partial charge is 0.508 e. The Morgan fingerprint density at radius 2 is 1.19 bits per heavy atom. The first kappa shape index (κ1) is 39.7. The molecule has 4 aromatic carbocycles. The predicted molar refractivity (Wildman–Crippen MR) is 217 cm³/mol. The summed E-state index contributed by atoms with van der Waals surface area (Å²) in [6, 6.07) is 16.0. The monoisotopic (exact) mass is 767 g/mol. The number of amidine groups is 1. The lowest BCUT2D eigenvalue weighted by Crippen LogP contribution is -2.17. The number of rotatable bonds is 10. The summed E-state index contributed by atoms with van der Waals surface area (Å²) in [4.78, 5) is 13.2. The van der Waals surface area contributed by atoms with Crippen molar-refractivity contribution in [2.75, 3.05) is 0 Å². The minimum atomic E-state index is -0.581. The fraction of sp³-hybridized carbons (Fsp3) is 0.209. The summed E-state index contributed by atoms with van der Waals surface area (Å²) in [6.07, 6.45) is 2.56. The van der Waals surface area contributed by atoms with E-state index in [1.807, 2.05) is 50.8 Å². The van der Waals surface area contributed by atoms with E-state index in [1.165, 1.54) is 35.6 Å². The van der Waals surface area contributed by atoms with E-state index in [2.05, 4.69) is 5.16 Å². The summed E-state index contributed by atoms with van der Waals surface area (Å²) in [7, 11) is 0. The van der Waals surface area contributed by atoms with Crippen LogP contribution in [0.4, 0.5) is 8.78 Å². The molecule has 0 saturated carbocycles. The van der Waals surface area contributed by atoms with Crippen LogP contribution in [-0.4, -0.2) is 27.2 Å². The van der Waals surface area contributed by atoms with Crippen molar-refractivity contribution in [2.45, 2.75) is 60.3 Å². The lowest BCUT2D eigenvalue weighted by molar-refractivity contribution is 0.100. The number of oxime groups is 1. The number of nitrogens with two attached hydrogens (primary N) is 2. The topological polar surface area (TPSA) is 142 Å². The van der Waals surface area contributed by atoms with Crippen LogP contribution in [0.1, 0.15) is 69.7 Å². The van der Waals surface area contributed by atoms with Gasteiger partial charge in [0.05, 0.1) is 0 Å². The summed E-state index contributed by atoms with van der Waals surface area (Å²) < 4.78 is 31.2. The number of nitrogens with zero attached hydrogens (tertiary/aromatic N) is 1. The van der Waals surface area contributed by atoms with Crippen molar-refractivity contribution >= 4 is 34.4 Å². The Morgan fingerprint density at radius 1 is 0.685 bits per heavy atom. The number of carbonyl (C=O) groups is 1. The second-order valence-corrected chi connectivity index (χ2v) is 14.9. The number of carbonyl (C=O) groups excluding carboxylic acids is 1. The van der Waals surface area contributed by atoms with E-state index in [9.17, 15) is 20.2 Å². The molecule has 11 heteroatoms. The molecule has 7 nitrogen and oxygen atoms in total. The lowest BCUT2D eigenvalue weighted by Gasteiger charge is -2.20. The molecule has 54 heavy (non-hydrogen) atoms. The number of aromatic hydroxyl groups is 2. The molecule has 0 unspecified atom stereocenters. The Balaban J connectivity index is 0.000000208. The van der Waals surface area contributed by atoms with Crippen molar-refractivity contribution < 1.29 is 29.0 Å². The van der Waals surface area contributed by atoms with Crippen LogP contribution >= 0.6 is 22.7 Å². The molecule has 0 saturated heterocycles. The number of thiophene rings is 2. The molecular formula is C43H43F2N3O4S2. The minimum absolute atomic E-state index is 0.0580. The van der Waals surface area contributed by atoms with Gasteiger partial charge in [-0.15, -0.1) is 11.3 Å². The number of phenols is 2. The van der Waals surface area contributed by atoms with Gasteiger partial charge in [-0.25, -0.2) is 8.78 Å². The maximum Gasteiger partial charge on any atom is 0.249 e. The molecular weight excluding hydrogens is 725 g/mol. The quantitative estimate of drug-likeness (QED) is 0.0408. The van der Waals surface area contributed by atoms with Gasteiger partial charge in [-0.1, -0.05) is 56.1 Å². The number of amides is 1. The minimum Gasteiger partial charge on any atom is -0.508 e. The maximum absolute atomic E-state index is 15.7. The van der Waals surface area contributed by atoms with E-state index >= 15 is 8.78 Å². The van der Waals surface area contributed by atoms with E-state index in [0.29, 0.717) is 68.5 Å². The summed E-state index contributed by atoms with van der Waals surface area (Å²) in [5.74, 6) is -1.09. The molecule has 0 aliphatic carbocycles. The summed E-state index contributed by atoms with van der Waals surface area (Å²) in [5.41, 5.74) is 20.2. The third-order valence-electron chi connectivity index (χ3n) is 9.21. The van der Waals surface area contributed by atoms with Gasteiger partial charge < -0.3 is 26.9 Å². The van der Waals surface area contributed by atoms with Crippen molar-refractivity contribution in [3.63, 3.8) is 0 Å². The van der Waals surface area contributed by atoms with Gasteiger partial charge in [-0.3, -0.25) is 4.79 Å². The van der Waals surface area contributed by atoms with E-state index in [4.69, 9.17) is 11.5 Å². The van der Waals surface area contributed by atoms with E-state index < -0.39 is 5.91 Å². The molecule has 0 spiro atoms. The highest BCUT2D eigenvalue weighted by atomic mass is 32.1. The highest BCUT2D eigenvalue weighted by Crippen LogP contribution is 2.44. The van der Waals surface area contributed by atoms with Crippen LogP contribution in [0.3, 0.4) is 0 Å². The molecule has 6 rings (SSSR count). The molecule has 0 fully saturated rings. The number of benzene rings is 4. The molecule has 1 amide bonds. The first-order valence-electron chi connectivity index (χ1n) is 17.5. The zero-order valence-electron chi connectivity index (χ0n) is 30.8. The van der Waals surface area contributed by atoms with Crippen LogP contribution in [0, 0.1) is 32.4 Å². The molecule has 0 radical (unpaired) electrons. The van der Waals surface area contributed by atoms with Crippen LogP contribution in [0.15, 0.2) is 82.0 Å². The first-order chi connectivity index (χ1) is 25.8. The molecule has 280 valence electrons. The highest BCUT2D eigenvalue weighted by molar-refractivity contribution is 7.10. The fourth-order valence-corrected chi connectivity index (χ4v) is 8.37. The molecule has 2 aromatic heterocycles. The normalized spacial score (nSPS) is 11.4. The molecule has 0 aliphatic rings. The van der Waals surface area contributed by atoms with E-state index in [1.54, 1.807) is 47.7 Å². The van der Waals surface area contributed by atoms with Crippen molar-refractivity contribution in [3.8, 4) is 56.0 Å². The second kappa shape index (κ2) is 17.1. The van der Waals surface area contributed by atoms with Gasteiger partial charge >= 0.3 is 0 Å². The second-order valence-electron chi connectivity index (χ2n) is 13.1.